The van der Waals surface area contributed by atoms with Gasteiger partial charge in [-0.05, 0) is 25.5 Å². The van der Waals surface area contributed by atoms with Crippen molar-refractivity contribution in [1.29, 1.82) is 0 Å². The fraction of sp³-hybridized carbons (Fsp3) is 0.588. The summed E-state index contributed by atoms with van der Waals surface area (Å²) in [5, 5.41) is 5.33. The Morgan fingerprint density at radius 3 is 2.62 bits per heavy atom. The molecule has 0 aliphatic carbocycles. The van der Waals surface area contributed by atoms with Crippen molar-refractivity contribution in [2.45, 2.75) is 45.7 Å². The Bertz CT molecular complexity index is 447. The number of nitrogens with zero attached hydrogens (tertiary/aromatic N) is 2. The van der Waals surface area contributed by atoms with Crippen LogP contribution in [0.25, 0.3) is 0 Å². The van der Waals surface area contributed by atoms with Crippen molar-refractivity contribution in [1.82, 2.24) is 10.4 Å². The van der Waals surface area contributed by atoms with Crippen LogP contribution in [0.1, 0.15) is 45.1 Å². The first-order chi connectivity index (χ1) is 10.3. The van der Waals surface area contributed by atoms with E-state index in [1.807, 2.05) is 5.06 Å². The highest BCUT2D eigenvalue weighted by atomic mass is 16.7. The van der Waals surface area contributed by atoms with Crippen LogP contribution in [0, 0.1) is 0 Å². The third kappa shape index (κ3) is 4.05. The smallest absolute Gasteiger partial charge is 0.212 e. The van der Waals surface area contributed by atoms with E-state index in [0.717, 1.165) is 38.4 Å². The summed E-state index contributed by atoms with van der Waals surface area (Å²) in [4.78, 5) is 10.8. The van der Waals surface area contributed by atoms with Gasteiger partial charge in [0.25, 0.3) is 0 Å². The van der Waals surface area contributed by atoms with Crippen molar-refractivity contribution in [3.8, 4) is 0 Å². The molecule has 0 spiro atoms. The maximum atomic E-state index is 5.92. The Morgan fingerprint density at radius 2 is 2.00 bits per heavy atom. The van der Waals surface area contributed by atoms with Gasteiger partial charge in [0.1, 0.15) is 6.17 Å². The Morgan fingerprint density at radius 1 is 1.24 bits per heavy atom. The molecule has 0 saturated carbocycles. The van der Waals surface area contributed by atoms with Crippen molar-refractivity contribution in [3.05, 3.63) is 35.9 Å². The number of hydrogen-bond acceptors (Lipinski definition) is 4. The molecule has 0 unspecified atom stereocenters. The van der Waals surface area contributed by atoms with Gasteiger partial charge in [0, 0.05) is 25.4 Å². The number of benzene rings is 1. The molecule has 2 rings (SSSR count). The first-order valence-electron chi connectivity index (χ1n) is 8.07. The fourth-order valence-electron chi connectivity index (χ4n) is 2.77. The lowest BCUT2D eigenvalue weighted by molar-refractivity contribution is -0.0873. The first kappa shape index (κ1) is 16.0. The van der Waals surface area contributed by atoms with Gasteiger partial charge in [0.05, 0.1) is 0 Å². The van der Waals surface area contributed by atoms with E-state index >= 15 is 0 Å². The maximum Gasteiger partial charge on any atom is 0.212 e. The zero-order valence-corrected chi connectivity index (χ0v) is 13.4. The van der Waals surface area contributed by atoms with Crippen LogP contribution in [0.4, 0.5) is 0 Å². The van der Waals surface area contributed by atoms with Crippen LogP contribution in [0.5, 0.6) is 0 Å². The van der Waals surface area contributed by atoms with E-state index in [-0.39, 0.29) is 6.17 Å². The van der Waals surface area contributed by atoms with Gasteiger partial charge in [-0.2, -0.15) is 0 Å². The van der Waals surface area contributed by atoms with E-state index < -0.39 is 0 Å². The molecule has 21 heavy (non-hydrogen) atoms. The van der Waals surface area contributed by atoms with Crippen LogP contribution in [-0.2, 0) is 4.84 Å². The van der Waals surface area contributed by atoms with Crippen molar-refractivity contribution >= 4 is 5.90 Å². The predicted octanol–water partition coefficient (Wildman–Crippen LogP) is 3.17. The molecule has 1 aromatic carbocycles. The number of hydrogen-bond donors (Lipinski definition) is 1. The molecule has 4 heteroatoms. The zero-order chi connectivity index (χ0) is 15.1. The van der Waals surface area contributed by atoms with E-state index in [9.17, 15) is 0 Å². The van der Waals surface area contributed by atoms with Gasteiger partial charge in [0.2, 0.25) is 5.90 Å². The summed E-state index contributed by atoms with van der Waals surface area (Å²) in [7, 11) is 0. The lowest BCUT2D eigenvalue weighted by Crippen LogP contribution is -2.34. The minimum absolute atomic E-state index is 0.0963. The van der Waals surface area contributed by atoms with Crippen LogP contribution in [0.15, 0.2) is 35.3 Å². The number of likely N-dealkylation sites (N-methyl/N-ethyl adjacent to an activating group) is 1. The van der Waals surface area contributed by atoms with E-state index in [2.05, 4.69) is 56.4 Å². The molecule has 0 radical (unpaired) electrons. The Balaban J connectivity index is 2.10. The lowest BCUT2D eigenvalue weighted by Gasteiger charge is -2.26. The molecule has 0 amide bonds. The highest BCUT2D eigenvalue weighted by molar-refractivity contribution is 5.77. The average molecular weight is 289 g/mol. The lowest BCUT2D eigenvalue weighted by atomic mass is 9.93. The van der Waals surface area contributed by atoms with E-state index in [4.69, 9.17) is 9.83 Å². The largest absolute Gasteiger partial charge is 0.389 e. The van der Waals surface area contributed by atoms with E-state index in [1.54, 1.807) is 0 Å². The summed E-state index contributed by atoms with van der Waals surface area (Å²) < 4.78 is 0. The normalized spacial score (nSPS) is 20.1. The van der Waals surface area contributed by atoms with Gasteiger partial charge in [-0.1, -0.05) is 44.2 Å². The number of nitrogens with one attached hydrogen (secondary N) is 1. The molecular weight excluding hydrogens is 262 g/mol. The van der Waals surface area contributed by atoms with Crippen molar-refractivity contribution in [2.75, 3.05) is 19.6 Å². The molecule has 116 valence electrons. The minimum atomic E-state index is 0.0963. The molecule has 0 saturated heterocycles. The Hall–Kier alpha value is -1.39. The second-order valence-corrected chi connectivity index (χ2v) is 5.29. The van der Waals surface area contributed by atoms with Gasteiger partial charge >= 0.3 is 0 Å². The van der Waals surface area contributed by atoms with Gasteiger partial charge in [-0.15, -0.1) is 5.06 Å². The molecule has 0 bridgehead atoms. The second-order valence-electron chi connectivity index (χ2n) is 5.29. The van der Waals surface area contributed by atoms with Crippen LogP contribution >= 0.6 is 0 Å². The van der Waals surface area contributed by atoms with E-state index in [0.29, 0.717) is 5.92 Å². The third-order valence-corrected chi connectivity index (χ3v) is 3.90. The number of hydroxylamine groups is 2. The molecule has 4 nitrogen and oxygen atoms in total. The standard InChI is InChI=1S/C17H27N3O/c1-4-15(14-10-8-7-9-11-14)17-19-16(12-13-18-5-2)21-20(17)6-3/h7-11,15,17-18H,4-6,12-13H2,1-3H3/t15-,17+/m0/s1. The Kier molecular flexibility index (Phi) is 6.21. The van der Waals surface area contributed by atoms with Gasteiger partial charge < -0.3 is 10.2 Å². The summed E-state index contributed by atoms with van der Waals surface area (Å²) in [6, 6.07) is 10.6. The summed E-state index contributed by atoms with van der Waals surface area (Å²) >= 11 is 0. The zero-order valence-electron chi connectivity index (χ0n) is 13.4. The molecule has 0 fully saturated rings. The van der Waals surface area contributed by atoms with Gasteiger partial charge in [-0.25, -0.2) is 4.99 Å². The van der Waals surface area contributed by atoms with Gasteiger partial charge in [0.15, 0.2) is 0 Å². The van der Waals surface area contributed by atoms with Crippen LogP contribution in [0.2, 0.25) is 0 Å². The Labute approximate surface area is 128 Å². The summed E-state index contributed by atoms with van der Waals surface area (Å²) in [5.74, 6) is 1.24. The highest BCUT2D eigenvalue weighted by Gasteiger charge is 2.33. The summed E-state index contributed by atoms with van der Waals surface area (Å²) in [6.07, 6.45) is 2.00. The molecule has 1 aromatic rings. The fourth-order valence-corrected chi connectivity index (χ4v) is 2.77. The second kappa shape index (κ2) is 8.15. The predicted molar refractivity (Wildman–Crippen MR) is 87.3 cm³/mol. The quantitative estimate of drug-likeness (QED) is 0.747. The molecule has 0 aromatic heterocycles. The van der Waals surface area contributed by atoms with Crippen molar-refractivity contribution in [2.24, 2.45) is 4.99 Å². The molecule has 1 heterocycles. The third-order valence-electron chi connectivity index (χ3n) is 3.90. The SMILES string of the molecule is CCNCCC1=N[C@@H]([C@@H](CC)c2ccccc2)N(CC)O1. The molecular formula is C17H27N3O. The number of aliphatic imine (C=N–C) groups is 1. The summed E-state index contributed by atoms with van der Waals surface area (Å²) in [5.41, 5.74) is 1.34. The maximum absolute atomic E-state index is 5.92. The van der Waals surface area contributed by atoms with E-state index in [1.165, 1.54) is 5.56 Å². The van der Waals surface area contributed by atoms with Crippen molar-refractivity contribution < 1.29 is 4.84 Å². The topological polar surface area (TPSA) is 36.9 Å². The summed E-state index contributed by atoms with van der Waals surface area (Å²) in [6.45, 7) is 9.20. The van der Waals surface area contributed by atoms with Gasteiger partial charge in [-0.3, -0.25) is 0 Å². The minimum Gasteiger partial charge on any atom is -0.389 e. The molecule has 1 aliphatic heterocycles. The van der Waals surface area contributed by atoms with Crippen LogP contribution in [-0.4, -0.2) is 36.8 Å². The first-order valence-corrected chi connectivity index (χ1v) is 8.07. The average Bonchev–Trinajstić information content (AvgIpc) is 2.92. The molecule has 2 atom stereocenters. The molecule has 1 aliphatic rings. The van der Waals surface area contributed by atoms with Crippen molar-refractivity contribution in [3.63, 3.8) is 0 Å². The monoisotopic (exact) mass is 289 g/mol. The van der Waals surface area contributed by atoms with Crippen LogP contribution in [0.3, 0.4) is 0 Å². The number of rotatable bonds is 8. The molecule has 1 N–H and O–H groups in total. The highest BCUT2D eigenvalue weighted by Crippen LogP contribution is 2.31. The van der Waals surface area contributed by atoms with Crippen LogP contribution < -0.4 is 5.32 Å².